The number of aliphatic carboxylic acids is 1. The molecule has 0 aliphatic carbocycles. The van der Waals surface area contributed by atoms with Crippen molar-refractivity contribution in [2.24, 2.45) is 5.41 Å². The summed E-state index contributed by atoms with van der Waals surface area (Å²) in [5.41, 5.74) is 8.24. The van der Waals surface area contributed by atoms with Crippen LogP contribution in [0.3, 0.4) is 0 Å². The van der Waals surface area contributed by atoms with Gasteiger partial charge in [-0.2, -0.15) is 0 Å². The van der Waals surface area contributed by atoms with Crippen molar-refractivity contribution in [1.29, 1.82) is 0 Å². The second kappa shape index (κ2) is 11.4. The van der Waals surface area contributed by atoms with Crippen molar-refractivity contribution in [3.05, 3.63) is 102 Å². The summed E-state index contributed by atoms with van der Waals surface area (Å²) in [6.07, 6.45) is 1.85. The molecule has 3 rings (SSSR count). The summed E-state index contributed by atoms with van der Waals surface area (Å²) in [7, 11) is 1.95. The molecule has 0 spiro atoms. The Morgan fingerprint density at radius 1 is 0.818 bits per heavy atom. The molecule has 3 aromatic carbocycles. The lowest BCUT2D eigenvalue weighted by Gasteiger charge is -2.49. The maximum atomic E-state index is 13.1. The number of halogens is 1. The number of anilines is 1. The molecule has 0 bridgehead atoms. The normalized spacial score (nSPS) is 13.2. The molecule has 5 heteroatoms. The van der Waals surface area contributed by atoms with Crippen LogP contribution in [0.25, 0.3) is 0 Å². The Morgan fingerprint density at radius 2 is 1.30 bits per heavy atom. The number of likely N-dealkylation sites (N-methyl/N-ethyl adjacent to an activating group) is 1. The van der Waals surface area contributed by atoms with E-state index < -0.39 is 16.9 Å². The van der Waals surface area contributed by atoms with E-state index in [1.54, 1.807) is 0 Å². The highest BCUT2D eigenvalue weighted by Gasteiger charge is 2.54. The smallest absolute Gasteiger partial charge is 0.325 e. The van der Waals surface area contributed by atoms with Gasteiger partial charge >= 0.3 is 5.97 Å². The number of rotatable bonds is 10. The van der Waals surface area contributed by atoms with Crippen LogP contribution < -0.4 is 5.73 Å². The number of nitrogens with two attached hydrogens (primary N) is 1. The number of hydrogen-bond acceptors (Lipinski definition) is 3. The second-order valence-corrected chi connectivity index (χ2v) is 9.29. The van der Waals surface area contributed by atoms with E-state index in [2.05, 4.69) is 26.0 Å². The zero-order valence-corrected chi connectivity index (χ0v) is 20.5. The Labute approximate surface area is 203 Å². The lowest BCUT2D eigenvalue weighted by Crippen LogP contribution is -2.64. The molecule has 33 heavy (non-hydrogen) atoms. The van der Waals surface area contributed by atoms with Crippen molar-refractivity contribution < 1.29 is 9.90 Å². The summed E-state index contributed by atoms with van der Waals surface area (Å²) in [6, 6.07) is 27.9. The van der Waals surface area contributed by atoms with Crippen LogP contribution in [-0.4, -0.2) is 35.1 Å². The van der Waals surface area contributed by atoms with Crippen LogP contribution in [0.5, 0.6) is 0 Å². The highest BCUT2D eigenvalue weighted by Crippen LogP contribution is 2.41. The van der Waals surface area contributed by atoms with Gasteiger partial charge in [-0.1, -0.05) is 86.6 Å². The van der Waals surface area contributed by atoms with Crippen molar-refractivity contribution in [3.63, 3.8) is 0 Å². The fourth-order valence-corrected chi connectivity index (χ4v) is 4.73. The molecule has 0 aromatic heterocycles. The number of carboxylic acids is 1. The molecular weight excluding hydrogens is 432 g/mol. The molecule has 0 aliphatic heterocycles. The number of carbonyl (C=O) groups is 1. The lowest BCUT2D eigenvalue weighted by atomic mass is 9.65. The molecule has 3 aromatic rings. The molecule has 4 nitrogen and oxygen atoms in total. The first kappa shape index (κ1) is 26.4. The summed E-state index contributed by atoms with van der Waals surface area (Å²) >= 11 is 0. The van der Waals surface area contributed by atoms with Gasteiger partial charge in [0.05, 0.1) is 0 Å². The third-order valence-electron chi connectivity index (χ3n) is 6.63. The van der Waals surface area contributed by atoms with E-state index in [1.807, 2.05) is 84.7 Å². The van der Waals surface area contributed by atoms with E-state index in [4.69, 9.17) is 5.73 Å². The lowest BCUT2D eigenvalue weighted by molar-refractivity contribution is -0.160. The topological polar surface area (TPSA) is 66.6 Å². The minimum Gasteiger partial charge on any atom is -0.480 e. The monoisotopic (exact) mass is 466 g/mol. The summed E-state index contributed by atoms with van der Waals surface area (Å²) in [4.78, 5) is 15.1. The molecular formula is C28H35ClN2O2. The van der Waals surface area contributed by atoms with Crippen LogP contribution in [0.2, 0.25) is 0 Å². The predicted molar refractivity (Wildman–Crippen MR) is 139 cm³/mol. The standard InChI is InChI=1S/C28H34N2O2.ClH/c1-27(2,20-23-10-6-4-7-11-23)28(26(31)32,21-24-12-8-5-9-13-24)30(3)19-18-22-14-16-25(29)17-15-22;/h4-17H,18-21,29H2,1-3H3,(H,31,32);1H/t28-;/m1./s1. The van der Waals surface area contributed by atoms with Crippen molar-refractivity contribution >= 4 is 24.1 Å². The summed E-state index contributed by atoms with van der Waals surface area (Å²) in [6.45, 7) is 4.79. The Balaban J connectivity index is 0.00000385. The molecule has 0 radical (unpaired) electrons. The third kappa shape index (κ3) is 6.16. The van der Waals surface area contributed by atoms with Crippen LogP contribution in [0.4, 0.5) is 5.69 Å². The second-order valence-electron chi connectivity index (χ2n) is 9.29. The van der Waals surface area contributed by atoms with Crippen LogP contribution in [0, 0.1) is 5.41 Å². The van der Waals surface area contributed by atoms with Gasteiger partial charge in [0, 0.05) is 18.7 Å². The van der Waals surface area contributed by atoms with E-state index in [1.165, 1.54) is 0 Å². The van der Waals surface area contributed by atoms with Crippen molar-refractivity contribution in [1.82, 2.24) is 4.90 Å². The van der Waals surface area contributed by atoms with Gasteiger partial charge < -0.3 is 10.8 Å². The Kier molecular flexibility index (Phi) is 9.09. The van der Waals surface area contributed by atoms with Gasteiger partial charge in [-0.15, -0.1) is 12.4 Å². The van der Waals surface area contributed by atoms with Crippen LogP contribution in [0.15, 0.2) is 84.9 Å². The highest BCUT2D eigenvalue weighted by atomic mass is 35.5. The first-order valence-electron chi connectivity index (χ1n) is 11.1. The molecule has 0 amide bonds. The van der Waals surface area contributed by atoms with Gasteiger partial charge in [0.1, 0.15) is 5.54 Å². The van der Waals surface area contributed by atoms with Gasteiger partial charge in [-0.3, -0.25) is 9.69 Å². The molecule has 0 unspecified atom stereocenters. The zero-order chi connectivity index (χ0) is 23.2. The van der Waals surface area contributed by atoms with Crippen molar-refractivity contribution in [2.75, 3.05) is 19.3 Å². The molecule has 0 saturated heterocycles. The fourth-order valence-electron chi connectivity index (χ4n) is 4.73. The van der Waals surface area contributed by atoms with E-state index >= 15 is 0 Å². The number of nitrogen functional groups attached to an aromatic ring is 1. The molecule has 0 heterocycles. The van der Waals surface area contributed by atoms with Crippen molar-refractivity contribution in [3.8, 4) is 0 Å². The molecule has 0 fully saturated rings. The summed E-state index contributed by atoms with van der Waals surface area (Å²) in [5, 5.41) is 10.7. The van der Waals surface area contributed by atoms with Gasteiger partial charge in [0.25, 0.3) is 0 Å². The maximum absolute atomic E-state index is 13.1. The van der Waals surface area contributed by atoms with E-state index in [0.29, 0.717) is 19.4 Å². The molecule has 176 valence electrons. The molecule has 1 atom stereocenters. The molecule has 0 aliphatic rings. The Morgan fingerprint density at radius 3 is 1.79 bits per heavy atom. The highest BCUT2D eigenvalue weighted by molar-refractivity contribution is 5.85. The minimum absolute atomic E-state index is 0. The average Bonchev–Trinajstić information content (AvgIpc) is 2.77. The van der Waals surface area contributed by atoms with E-state index in [-0.39, 0.29) is 12.4 Å². The van der Waals surface area contributed by atoms with E-state index in [9.17, 15) is 9.90 Å². The van der Waals surface area contributed by atoms with Gasteiger partial charge in [0.2, 0.25) is 0 Å². The minimum atomic E-state index is -1.09. The SMILES string of the molecule is CN(CCc1ccc(N)cc1)[C@](Cc1ccccc1)(C(=O)O)C(C)(C)Cc1ccccc1.Cl. The number of hydrogen-bond donors (Lipinski definition) is 2. The van der Waals surface area contributed by atoms with Crippen LogP contribution in [-0.2, 0) is 24.1 Å². The number of nitrogens with zero attached hydrogens (tertiary/aromatic N) is 1. The molecule has 3 N–H and O–H groups in total. The third-order valence-corrected chi connectivity index (χ3v) is 6.63. The zero-order valence-electron chi connectivity index (χ0n) is 19.7. The van der Waals surface area contributed by atoms with Gasteiger partial charge in [-0.25, -0.2) is 0 Å². The molecule has 0 saturated carbocycles. The Bertz CT molecular complexity index is 1010. The van der Waals surface area contributed by atoms with Gasteiger partial charge in [0.15, 0.2) is 0 Å². The first-order chi connectivity index (χ1) is 15.2. The van der Waals surface area contributed by atoms with Crippen LogP contribution in [0.1, 0.15) is 30.5 Å². The fraction of sp³-hybridized carbons (Fsp3) is 0.321. The largest absolute Gasteiger partial charge is 0.480 e. The van der Waals surface area contributed by atoms with E-state index in [0.717, 1.165) is 28.8 Å². The van der Waals surface area contributed by atoms with Crippen LogP contribution >= 0.6 is 12.4 Å². The maximum Gasteiger partial charge on any atom is 0.325 e. The van der Waals surface area contributed by atoms with Crippen molar-refractivity contribution in [2.45, 2.75) is 38.6 Å². The number of benzene rings is 3. The van der Waals surface area contributed by atoms with Gasteiger partial charge in [-0.05, 0) is 54.1 Å². The summed E-state index contributed by atoms with van der Waals surface area (Å²) < 4.78 is 0. The number of carboxylic acid groups (broad SMARTS) is 1. The quantitative estimate of drug-likeness (QED) is 0.387. The average molecular weight is 467 g/mol. The predicted octanol–water partition coefficient (Wildman–Crippen LogP) is 5.50. The summed E-state index contributed by atoms with van der Waals surface area (Å²) in [5.74, 6) is -0.790. The first-order valence-corrected chi connectivity index (χ1v) is 11.1. The Hall–Kier alpha value is -2.82.